The summed E-state index contributed by atoms with van der Waals surface area (Å²) >= 11 is 0. The Labute approximate surface area is 101 Å². The average molecular weight is 234 g/mol. The smallest absolute Gasteiger partial charge is 0.254 e. The van der Waals surface area contributed by atoms with Gasteiger partial charge in [-0.1, -0.05) is 0 Å². The molecule has 0 saturated carbocycles. The average Bonchev–Trinajstić information content (AvgIpc) is 2.78. The van der Waals surface area contributed by atoms with Gasteiger partial charge in [0.25, 0.3) is 5.91 Å². The van der Waals surface area contributed by atoms with Crippen LogP contribution in [0.2, 0.25) is 0 Å². The zero-order chi connectivity index (χ0) is 12.3. The molecule has 1 aliphatic heterocycles. The highest BCUT2D eigenvalue weighted by molar-refractivity contribution is 5.94. The highest BCUT2D eigenvalue weighted by Crippen LogP contribution is 2.20. The summed E-state index contributed by atoms with van der Waals surface area (Å²) in [5, 5.41) is 0. The maximum atomic E-state index is 12.3. The Morgan fingerprint density at radius 2 is 2.18 bits per heavy atom. The lowest BCUT2D eigenvalue weighted by Crippen LogP contribution is -2.38. The van der Waals surface area contributed by atoms with Gasteiger partial charge in [-0.25, -0.2) is 0 Å². The Morgan fingerprint density at radius 1 is 1.47 bits per heavy atom. The number of carbonyl (C=O) groups excluding carboxylic acids is 1. The van der Waals surface area contributed by atoms with E-state index in [1.54, 1.807) is 31.4 Å². The number of nitrogen functional groups attached to an aromatic ring is 1. The Kier molecular flexibility index (Phi) is 3.64. The van der Waals surface area contributed by atoms with Crippen molar-refractivity contribution >= 4 is 11.6 Å². The molecule has 4 heteroatoms. The molecule has 0 radical (unpaired) electrons. The Hall–Kier alpha value is -1.55. The summed E-state index contributed by atoms with van der Waals surface area (Å²) < 4.78 is 5.15. The summed E-state index contributed by atoms with van der Waals surface area (Å²) in [5.41, 5.74) is 6.98. The number of rotatable bonds is 3. The van der Waals surface area contributed by atoms with Gasteiger partial charge in [-0.05, 0) is 37.1 Å². The molecule has 1 atom stereocenters. The van der Waals surface area contributed by atoms with Crippen LogP contribution in [0.5, 0.6) is 0 Å². The van der Waals surface area contributed by atoms with Crippen molar-refractivity contribution in [2.75, 3.05) is 26.0 Å². The maximum Gasteiger partial charge on any atom is 0.254 e. The molecule has 1 aromatic rings. The van der Waals surface area contributed by atoms with Crippen LogP contribution in [0.15, 0.2) is 24.3 Å². The second-order valence-corrected chi connectivity index (χ2v) is 4.37. The molecule has 0 aliphatic carbocycles. The van der Waals surface area contributed by atoms with E-state index in [0.29, 0.717) is 17.9 Å². The van der Waals surface area contributed by atoms with Crippen LogP contribution in [-0.2, 0) is 4.74 Å². The van der Waals surface area contributed by atoms with Crippen LogP contribution >= 0.6 is 0 Å². The third-order valence-corrected chi connectivity index (χ3v) is 3.15. The van der Waals surface area contributed by atoms with E-state index in [4.69, 9.17) is 10.5 Å². The molecule has 0 bridgehead atoms. The standard InChI is InChI=1S/C13H18N2O2/c1-17-9-12-3-2-8-15(12)13(16)10-4-6-11(14)7-5-10/h4-7,12H,2-3,8-9,14H2,1H3/t12-/m0/s1. The van der Waals surface area contributed by atoms with Crippen LogP contribution in [0.25, 0.3) is 0 Å². The normalized spacial score (nSPS) is 19.6. The number of methoxy groups -OCH3 is 1. The molecule has 1 saturated heterocycles. The number of nitrogens with zero attached hydrogens (tertiary/aromatic N) is 1. The number of ether oxygens (including phenoxy) is 1. The molecule has 92 valence electrons. The third-order valence-electron chi connectivity index (χ3n) is 3.15. The molecule has 1 aliphatic rings. The summed E-state index contributed by atoms with van der Waals surface area (Å²) in [4.78, 5) is 14.2. The minimum Gasteiger partial charge on any atom is -0.399 e. The highest BCUT2D eigenvalue weighted by atomic mass is 16.5. The van der Waals surface area contributed by atoms with Crippen molar-refractivity contribution in [3.8, 4) is 0 Å². The zero-order valence-corrected chi connectivity index (χ0v) is 10.1. The maximum absolute atomic E-state index is 12.3. The van der Waals surface area contributed by atoms with Crippen LogP contribution in [0.3, 0.4) is 0 Å². The molecular weight excluding hydrogens is 216 g/mol. The molecule has 0 aromatic heterocycles. The molecule has 1 heterocycles. The van der Waals surface area contributed by atoms with Crippen molar-refractivity contribution in [2.24, 2.45) is 0 Å². The van der Waals surface area contributed by atoms with Gasteiger partial charge in [0.2, 0.25) is 0 Å². The summed E-state index contributed by atoms with van der Waals surface area (Å²) in [6.45, 7) is 1.43. The monoisotopic (exact) mass is 234 g/mol. The minimum atomic E-state index is 0.0737. The van der Waals surface area contributed by atoms with E-state index in [-0.39, 0.29) is 11.9 Å². The molecule has 2 rings (SSSR count). The van der Waals surface area contributed by atoms with Gasteiger partial charge >= 0.3 is 0 Å². The van der Waals surface area contributed by atoms with E-state index in [1.165, 1.54) is 0 Å². The second kappa shape index (κ2) is 5.19. The number of anilines is 1. The first kappa shape index (κ1) is 11.9. The lowest BCUT2D eigenvalue weighted by Gasteiger charge is -2.24. The largest absolute Gasteiger partial charge is 0.399 e. The fourth-order valence-corrected chi connectivity index (χ4v) is 2.26. The van der Waals surface area contributed by atoms with Crippen molar-refractivity contribution in [3.05, 3.63) is 29.8 Å². The molecule has 2 N–H and O–H groups in total. The molecule has 1 fully saturated rings. The lowest BCUT2D eigenvalue weighted by atomic mass is 10.1. The van der Waals surface area contributed by atoms with Crippen molar-refractivity contribution in [3.63, 3.8) is 0 Å². The highest BCUT2D eigenvalue weighted by Gasteiger charge is 2.29. The molecule has 4 nitrogen and oxygen atoms in total. The first-order valence-corrected chi connectivity index (χ1v) is 5.88. The Bertz CT molecular complexity index is 389. The molecular formula is C13H18N2O2. The fourth-order valence-electron chi connectivity index (χ4n) is 2.26. The Morgan fingerprint density at radius 3 is 2.82 bits per heavy atom. The van der Waals surface area contributed by atoms with Crippen molar-refractivity contribution in [1.82, 2.24) is 4.90 Å². The van der Waals surface area contributed by atoms with Crippen LogP contribution < -0.4 is 5.73 Å². The number of hydrogen-bond acceptors (Lipinski definition) is 3. The second-order valence-electron chi connectivity index (χ2n) is 4.37. The predicted octanol–water partition coefficient (Wildman–Crippen LogP) is 1.52. The summed E-state index contributed by atoms with van der Waals surface area (Å²) in [7, 11) is 1.67. The minimum absolute atomic E-state index is 0.0737. The predicted molar refractivity (Wildman–Crippen MR) is 66.8 cm³/mol. The summed E-state index contributed by atoms with van der Waals surface area (Å²) in [6, 6.07) is 7.29. The van der Waals surface area contributed by atoms with Crippen molar-refractivity contribution in [1.29, 1.82) is 0 Å². The molecule has 1 aromatic carbocycles. The zero-order valence-electron chi connectivity index (χ0n) is 10.1. The van der Waals surface area contributed by atoms with E-state index >= 15 is 0 Å². The van der Waals surface area contributed by atoms with Gasteiger partial charge in [-0.3, -0.25) is 4.79 Å². The molecule has 0 spiro atoms. The van der Waals surface area contributed by atoms with E-state index in [1.807, 2.05) is 4.90 Å². The quantitative estimate of drug-likeness (QED) is 0.807. The first-order valence-electron chi connectivity index (χ1n) is 5.88. The third kappa shape index (κ3) is 2.58. The molecule has 0 unspecified atom stereocenters. The van der Waals surface area contributed by atoms with Gasteiger partial charge in [0, 0.05) is 24.9 Å². The van der Waals surface area contributed by atoms with Gasteiger partial charge < -0.3 is 15.4 Å². The Balaban J connectivity index is 2.11. The number of benzene rings is 1. The summed E-state index contributed by atoms with van der Waals surface area (Å²) in [5.74, 6) is 0.0737. The summed E-state index contributed by atoms with van der Waals surface area (Å²) in [6.07, 6.45) is 2.07. The number of carbonyl (C=O) groups is 1. The van der Waals surface area contributed by atoms with Gasteiger partial charge in [0.1, 0.15) is 0 Å². The number of hydrogen-bond donors (Lipinski definition) is 1. The topological polar surface area (TPSA) is 55.6 Å². The number of amides is 1. The first-order chi connectivity index (χ1) is 8.22. The van der Waals surface area contributed by atoms with Gasteiger partial charge in [0.15, 0.2) is 0 Å². The van der Waals surface area contributed by atoms with Crippen molar-refractivity contribution in [2.45, 2.75) is 18.9 Å². The van der Waals surface area contributed by atoms with E-state index in [2.05, 4.69) is 0 Å². The fraction of sp³-hybridized carbons (Fsp3) is 0.462. The SMILES string of the molecule is COC[C@@H]1CCCN1C(=O)c1ccc(N)cc1. The van der Waals surface area contributed by atoms with Crippen LogP contribution in [0.1, 0.15) is 23.2 Å². The number of nitrogens with two attached hydrogens (primary N) is 1. The van der Waals surface area contributed by atoms with Crippen LogP contribution in [0, 0.1) is 0 Å². The van der Waals surface area contributed by atoms with Gasteiger partial charge in [-0.2, -0.15) is 0 Å². The molecule has 1 amide bonds. The van der Waals surface area contributed by atoms with Gasteiger partial charge in [-0.15, -0.1) is 0 Å². The van der Waals surface area contributed by atoms with E-state index in [0.717, 1.165) is 19.4 Å². The number of likely N-dealkylation sites (tertiary alicyclic amines) is 1. The van der Waals surface area contributed by atoms with E-state index < -0.39 is 0 Å². The van der Waals surface area contributed by atoms with Crippen molar-refractivity contribution < 1.29 is 9.53 Å². The van der Waals surface area contributed by atoms with Crippen LogP contribution in [-0.4, -0.2) is 37.1 Å². The molecule has 17 heavy (non-hydrogen) atoms. The van der Waals surface area contributed by atoms with E-state index in [9.17, 15) is 4.79 Å². The van der Waals surface area contributed by atoms with Crippen LogP contribution in [0.4, 0.5) is 5.69 Å². The van der Waals surface area contributed by atoms with Gasteiger partial charge in [0.05, 0.1) is 12.6 Å². The lowest BCUT2D eigenvalue weighted by molar-refractivity contribution is 0.0630.